The Balaban J connectivity index is 1.28. The van der Waals surface area contributed by atoms with E-state index >= 15 is 0 Å². The zero-order chi connectivity index (χ0) is 21.3. The van der Waals surface area contributed by atoms with E-state index in [1.807, 2.05) is 23.1 Å². The van der Waals surface area contributed by atoms with E-state index in [1.54, 1.807) is 12.1 Å². The van der Waals surface area contributed by atoms with E-state index < -0.39 is 11.7 Å². The molecule has 160 valence electrons. The molecule has 30 heavy (non-hydrogen) atoms. The summed E-state index contributed by atoms with van der Waals surface area (Å²) in [6.45, 7) is 7.03. The third-order valence-corrected chi connectivity index (χ3v) is 6.03. The molecule has 2 aliphatic rings. The molecule has 2 aliphatic heterocycles. The summed E-state index contributed by atoms with van der Waals surface area (Å²) in [6, 6.07) is 13.5. The maximum Gasteiger partial charge on any atom is 0.416 e. The second-order valence-corrected chi connectivity index (χ2v) is 8.21. The highest BCUT2D eigenvalue weighted by molar-refractivity contribution is 5.97. The van der Waals surface area contributed by atoms with E-state index in [0.717, 1.165) is 56.1 Å². The minimum Gasteiger partial charge on any atom is -0.310 e. The Bertz CT molecular complexity index is 889. The molecule has 4 rings (SSSR count). The van der Waals surface area contributed by atoms with Crippen molar-refractivity contribution in [1.82, 2.24) is 9.80 Å². The number of anilines is 1. The van der Waals surface area contributed by atoms with Crippen LogP contribution >= 0.6 is 0 Å². The second-order valence-electron chi connectivity index (χ2n) is 8.21. The van der Waals surface area contributed by atoms with Crippen LogP contribution in [0.1, 0.15) is 29.5 Å². The number of benzene rings is 2. The van der Waals surface area contributed by atoms with Crippen LogP contribution in [0.25, 0.3) is 0 Å². The molecule has 2 heterocycles. The molecule has 0 N–H and O–H groups in total. The number of carbonyl (C=O) groups is 1. The van der Waals surface area contributed by atoms with Gasteiger partial charge in [0.05, 0.1) is 12.1 Å². The van der Waals surface area contributed by atoms with Crippen molar-refractivity contribution in [2.24, 2.45) is 0 Å². The summed E-state index contributed by atoms with van der Waals surface area (Å²) < 4.78 is 38.1. The molecule has 0 saturated carbocycles. The topological polar surface area (TPSA) is 26.8 Å². The largest absolute Gasteiger partial charge is 0.416 e. The highest BCUT2D eigenvalue weighted by atomic mass is 19.4. The lowest BCUT2D eigenvalue weighted by Gasteiger charge is -2.35. The predicted octanol–water partition coefficient (Wildman–Crippen LogP) is 3.97. The van der Waals surface area contributed by atoms with Gasteiger partial charge in [0.25, 0.3) is 0 Å². The summed E-state index contributed by atoms with van der Waals surface area (Å²) in [5.74, 6) is 0.480. The van der Waals surface area contributed by atoms with Crippen molar-refractivity contribution >= 4 is 11.6 Å². The summed E-state index contributed by atoms with van der Waals surface area (Å²) in [7, 11) is 0. The summed E-state index contributed by atoms with van der Waals surface area (Å²) in [5, 5.41) is 0. The molecule has 4 nitrogen and oxygen atoms in total. The Morgan fingerprint density at radius 2 is 1.60 bits per heavy atom. The lowest BCUT2D eigenvalue weighted by molar-refractivity contribution is -0.137. The van der Waals surface area contributed by atoms with Crippen LogP contribution in [-0.4, -0.2) is 55.0 Å². The molecule has 0 spiro atoms. The first kappa shape index (κ1) is 20.9. The maximum absolute atomic E-state index is 12.9. The molecule has 1 atom stereocenters. The standard InChI is InChI=1S/C23H26F3N3O/c1-17-14-29(21-5-3-2-4-20(17)21)22(30)16-28-12-10-27(11-13-28)15-18-6-8-19(9-7-18)23(24,25)26/h2-9,17H,10-16H2,1H3. The Hall–Kier alpha value is -2.38. The summed E-state index contributed by atoms with van der Waals surface area (Å²) in [5.41, 5.74) is 2.51. The number of amides is 1. The molecule has 1 saturated heterocycles. The fourth-order valence-electron chi connectivity index (χ4n) is 4.30. The van der Waals surface area contributed by atoms with Crippen LogP contribution in [0, 0.1) is 0 Å². The van der Waals surface area contributed by atoms with Gasteiger partial charge in [-0.15, -0.1) is 0 Å². The molecule has 0 bridgehead atoms. The van der Waals surface area contributed by atoms with E-state index in [0.29, 0.717) is 19.0 Å². The van der Waals surface area contributed by atoms with E-state index in [9.17, 15) is 18.0 Å². The fourth-order valence-corrected chi connectivity index (χ4v) is 4.30. The van der Waals surface area contributed by atoms with Gasteiger partial charge in [-0.1, -0.05) is 37.3 Å². The molecule has 0 radical (unpaired) electrons. The first-order valence-electron chi connectivity index (χ1n) is 10.3. The van der Waals surface area contributed by atoms with Crippen molar-refractivity contribution in [3.05, 3.63) is 65.2 Å². The zero-order valence-electron chi connectivity index (χ0n) is 17.0. The van der Waals surface area contributed by atoms with E-state index in [2.05, 4.69) is 22.8 Å². The first-order chi connectivity index (χ1) is 14.3. The molecule has 1 fully saturated rings. The van der Waals surface area contributed by atoms with Crippen LogP contribution in [0.4, 0.5) is 18.9 Å². The van der Waals surface area contributed by atoms with Gasteiger partial charge in [-0.2, -0.15) is 13.2 Å². The number of carbonyl (C=O) groups excluding carboxylic acids is 1. The molecule has 7 heteroatoms. The highest BCUT2D eigenvalue weighted by Crippen LogP contribution is 2.35. The molecule has 1 amide bonds. The van der Waals surface area contributed by atoms with Crippen molar-refractivity contribution < 1.29 is 18.0 Å². The number of hydrogen-bond acceptors (Lipinski definition) is 3. The highest BCUT2D eigenvalue weighted by Gasteiger charge is 2.31. The summed E-state index contributed by atoms with van der Waals surface area (Å²) in [4.78, 5) is 19.2. The van der Waals surface area contributed by atoms with Gasteiger partial charge in [-0.25, -0.2) is 0 Å². The number of alkyl halides is 3. The monoisotopic (exact) mass is 417 g/mol. The van der Waals surface area contributed by atoms with Gasteiger partial charge in [-0.05, 0) is 29.3 Å². The number of para-hydroxylation sites is 1. The number of halogens is 3. The van der Waals surface area contributed by atoms with Gasteiger partial charge in [0.15, 0.2) is 0 Å². The average molecular weight is 417 g/mol. The van der Waals surface area contributed by atoms with Crippen LogP contribution < -0.4 is 4.90 Å². The van der Waals surface area contributed by atoms with Crippen LogP contribution in [-0.2, 0) is 17.5 Å². The van der Waals surface area contributed by atoms with E-state index in [-0.39, 0.29) is 5.91 Å². The average Bonchev–Trinajstić information content (AvgIpc) is 3.06. The quantitative estimate of drug-likeness (QED) is 0.753. The van der Waals surface area contributed by atoms with E-state index in [4.69, 9.17) is 0 Å². The Labute approximate surface area is 174 Å². The first-order valence-corrected chi connectivity index (χ1v) is 10.3. The molecule has 0 aromatic heterocycles. The normalized spacial score (nSPS) is 20.4. The van der Waals surface area contributed by atoms with Crippen LogP contribution in [0.2, 0.25) is 0 Å². The molecule has 1 unspecified atom stereocenters. The van der Waals surface area contributed by atoms with Crippen molar-refractivity contribution in [1.29, 1.82) is 0 Å². The third kappa shape index (κ3) is 4.52. The van der Waals surface area contributed by atoms with Gasteiger partial charge < -0.3 is 4.90 Å². The SMILES string of the molecule is CC1CN(C(=O)CN2CCN(Cc3ccc(C(F)(F)F)cc3)CC2)c2ccccc21. The zero-order valence-corrected chi connectivity index (χ0v) is 17.0. The smallest absolute Gasteiger partial charge is 0.310 e. The Morgan fingerprint density at radius 1 is 0.967 bits per heavy atom. The van der Waals surface area contributed by atoms with E-state index in [1.165, 1.54) is 5.56 Å². The molecule has 2 aromatic carbocycles. The second kappa shape index (κ2) is 8.40. The molecular formula is C23H26F3N3O. The Kier molecular flexibility index (Phi) is 5.84. The fraction of sp³-hybridized carbons (Fsp3) is 0.435. The van der Waals surface area contributed by atoms with Crippen LogP contribution in [0.15, 0.2) is 48.5 Å². The summed E-state index contributed by atoms with van der Waals surface area (Å²) >= 11 is 0. The van der Waals surface area contributed by atoms with Gasteiger partial charge in [-0.3, -0.25) is 14.6 Å². The molecule has 0 aliphatic carbocycles. The van der Waals surface area contributed by atoms with Gasteiger partial charge >= 0.3 is 6.18 Å². The predicted molar refractivity (Wildman–Crippen MR) is 110 cm³/mol. The van der Waals surface area contributed by atoms with Crippen molar-refractivity contribution in [3.63, 3.8) is 0 Å². The molecule has 2 aromatic rings. The van der Waals surface area contributed by atoms with Crippen LogP contribution in [0.5, 0.6) is 0 Å². The van der Waals surface area contributed by atoms with Gasteiger partial charge in [0.1, 0.15) is 0 Å². The maximum atomic E-state index is 12.9. The van der Waals surface area contributed by atoms with Gasteiger partial charge in [0, 0.05) is 50.9 Å². The minimum atomic E-state index is -4.30. The number of hydrogen-bond donors (Lipinski definition) is 0. The van der Waals surface area contributed by atoms with Gasteiger partial charge in [0.2, 0.25) is 5.91 Å². The van der Waals surface area contributed by atoms with Crippen molar-refractivity contribution in [2.75, 3.05) is 44.2 Å². The van der Waals surface area contributed by atoms with Crippen LogP contribution in [0.3, 0.4) is 0 Å². The number of piperazine rings is 1. The third-order valence-electron chi connectivity index (χ3n) is 6.03. The Morgan fingerprint density at radius 3 is 2.27 bits per heavy atom. The lowest BCUT2D eigenvalue weighted by Crippen LogP contribution is -2.49. The molecular weight excluding hydrogens is 391 g/mol. The lowest BCUT2D eigenvalue weighted by atomic mass is 10.0. The number of fused-ring (bicyclic) bond motifs is 1. The minimum absolute atomic E-state index is 0.128. The number of rotatable bonds is 4. The van der Waals surface area contributed by atoms with Crippen molar-refractivity contribution in [3.8, 4) is 0 Å². The summed E-state index contributed by atoms with van der Waals surface area (Å²) in [6.07, 6.45) is -4.30. The number of nitrogens with zero attached hydrogens (tertiary/aromatic N) is 3. The van der Waals surface area contributed by atoms with Crippen molar-refractivity contribution in [2.45, 2.75) is 25.6 Å².